The van der Waals surface area contributed by atoms with Crippen molar-refractivity contribution in [3.63, 3.8) is 0 Å². The number of amides is 1. The maximum atomic E-state index is 12.0. The van der Waals surface area contributed by atoms with Gasteiger partial charge in [0.1, 0.15) is 6.04 Å². The molecule has 10 heteroatoms. The lowest BCUT2D eigenvalue weighted by molar-refractivity contribution is -0.112. The van der Waals surface area contributed by atoms with E-state index in [1.807, 2.05) is 0 Å². The fourth-order valence-electron chi connectivity index (χ4n) is 2.70. The van der Waals surface area contributed by atoms with E-state index < -0.39 is 21.8 Å². The Bertz CT molecular complexity index is 1040. The Labute approximate surface area is 155 Å². The van der Waals surface area contributed by atoms with Crippen molar-refractivity contribution in [1.29, 1.82) is 0 Å². The number of halogens is 1. The number of benzene rings is 1. The van der Waals surface area contributed by atoms with E-state index in [0.29, 0.717) is 27.5 Å². The Morgan fingerprint density at radius 3 is 2.65 bits per heavy atom. The van der Waals surface area contributed by atoms with Crippen LogP contribution in [-0.2, 0) is 14.6 Å². The molecule has 0 fully saturated rings. The standard InChI is InChI=1S/C16H16ClN5O3S/c1-8-3-11(26(2,24)25)5-12-13(8)21-22-15(16(18)23)14(12)20-10-4-9(17)6-19-7-10/h3-7,14,20-21H,1-2H3,(H2,18,23). The van der Waals surface area contributed by atoms with Crippen LogP contribution in [0.2, 0.25) is 5.02 Å². The number of rotatable bonds is 4. The summed E-state index contributed by atoms with van der Waals surface area (Å²) in [4.78, 5) is 16.0. The number of nitrogens with two attached hydrogens (primary N) is 1. The van der Waals surface area contributed by atoms with Gasteiger partial charge >= 0.3 is 0 Å². The number of pyridine rings is 1. The number of primary amides is 1. The molecule has 0 radical (unpaired) electrons. The first-order valence-corrected chi connectivity index (χ1v) is 9.79. The van der Waals surface area contributed by atoms with Crippen LogP contribution in [0.25, 0.3) is 0 Å². The summed E-state index contributed by atoms with van der Waals surface area (Å²) in [5.74, 6) is -0.738. The summed E-state index contributed by atoms with van der Waals surface area (Å²) in [6.45, 7) is 1.75. The minimum Gasteiger partial charge on any atom is -0.371 e. The lowest BCUT2D eigenvalue weighted by Crippen LogP contribution is -2.36. The van der Waals surface area contributed by atoms with Crippen molar-refractivity contribution in [3.8, 4) is 0 Å². The van der Waals surface area contributed by atoms with Crippen molar-refractivity contribution in [1.82, 2.24) is 4.98 Å². The van der Waals surface area contributed by atoms with E-state index in [-0.39, 0.29) is 10.6 Å². The number of hydrogen-bond donors (Lipinski definition) is 3. The summed E-state index contributed by atoms with van der Waals surface area (Å²) in [6.07, 6.45) is 4.12. The zero-order valence-corrected chi connectivity index (χ0v) is 15.5. The molecule has 0 aliphatic carbocycles. The molecular weight excluding hydrogens is 378 g/mol. The molecule has 1 aliphatic rings. The van der Waals surface area contributed by atoms with Gasteiger partial charge in [0.2, 0.25) is 0 Å². The fraction of sp³-hybridized carbons (Fsp3) is 0.188. The van der Waals surface area contributed by atoms with Gasteiger partial charge in [-0.1, -0.05) is 11.6 Å². The molecule has 8 nitrogen and oxygen atoms in total. The molecule has 2 heterocycles. The molecule has 26 heavy (non-hydrogen) atoms. The van der Waals surface area contributed by atoms with Crippen molar-refractivity contribution in [2.24, 2.45) is 10.8 Å². The fourth-order valence-corrected chi connectivity index (χ4v) is 3.61. The number of anilines is 2. The quantitative estimate of drug-likeness (QED) is 0.727. The summed E-state index contributed by atoms with van der Waals surface area (Å²) < 4.78 is 24.0. The first-order valence-electron chi connectivity index (χ1n) is 7.52. The van der Waals surface area contributed by atoms with Gasteiger partial charge in [0.25, 0.3) is 5.91 Å². The van der Waals surface area contributed by atoms with Gasteiger partial charge in [0.15, 0.2) is 15.5 Å². The Kier molecular flexibility index (Phi) is 4.59. The zero-order valence-electron chi connectivity index (χ0n) is 13.9. The summed E-state index contributed by atoms with van der Waals surface area (Å²) in [6, 6.07) is 3.91. The van der Waals surface area contributed by atoms with Gasteiger partial charge in [-0.15, -0.1) is 0 Å². The number of hydrazone groups is 1. The number of carbonyl (C=O) groups excluding carboxylic acids is 1. The monoisotopic (exact) mass is 393 g/mol. The van der Waals surface area contributed by atoms with Crippen molar-refractivity contribution in [3.05, 3.63) is 46.7 Å². The Morgan fingerprint density at radius 2 is 2.04 bits per heavy atom. The van der Waals surface area contributed by atoms with E-state index in [1.54, 1.807) is 19.1 Å². The van der Waals surface area contributed by atoms with Crippen LogP contribution in [0.3, 0.4) is 0 Å². The number of nitrogens with zero attached hydrogens (tertiary/aromatic N) is 2. The second-order valence-corrected chi connectivity index (χ2v) is 8.37. The molecule has 1 amide bonds. The molecule has 1 aliphatic heterocycles. The van der Waals surface area contributed by atoms with Crippen molar-refractivity contribution in [2.75, 3.05) is 17.0 Å². The lowest BCUT2D eigenvalue weighted by atomic mass is 9.95. The first kappa shape index (κ1) is 18.2. The van der Waals surface area contributed by atoms with Crippen molar-refractivity contribution < 1.29 is 13.2 Å². The predicted molar refractivity (Wildman–Crippen MR) is 100 cm³/mol. The molecule has 0 bridgehead atoms. The highest BCUT2D eigenvalue weighted by Gasteiger charge is 2.31. The maximum absolute atomic E-state index is 12.0. The third kappa shape index (κ3) is 3.49. The molecule has 0 saturated heterocycles. The highest BCUT2D eigenvalue weighted by molar-refractivity contribution is 7.90. The highest BCUT2D eigenvalue weighted by Crippen LogP contribution is 2.35. The van der Waals surface area contributed by atoms with Crippen LogP contribution in [0.5, 0.6) is 0 Å². The Morgan fingerprint density at radius 1 is 1.31 bits per heavy atom. The largest absolute Gasteiger partial charge is 0.371 e. The second kappa shape index (κ2) is 6.58. The molecule has 1 unspecified atom stereocenters. The van der Waals surface area contributed by atoms with Gasteiger partial charge in [-0.25, -0.2) is 8.42 Å². The number of fused-ring (bicyclic) bond motifs is 1. The molecule has 2 aromatic rings. The molecular formula is C16H16ClN5O3S. The topological polar surface area (TPSA) is 127 Å². The minimum absolute atomic E-state index is 0.0162. The van der Waals surface area contributed by atoms with E-state index in [1.165, 1.54) is 18.5 Å². The van der Waals surface area contributed by atoms with E-state index in [0.717, 1.165) is 6.26 Å². The van der Waals surface area contributed by atoms with Gasteiger partial charge < -0.3 is 11.1 Å². The van der Waals surface area contributed by atoms with Crippen LogP contribution in [-0.4, -0.2) is 31.3 Å². The van der Waals surface area contributed by atoms with Crippen molar-refractivity contribution >= 4 is 44.4 Å². The summed E-state index contributed by atoms with van der Waals surface area (Å²) >= 11 is 5.96. The van der Waals surface area contributed by atoms with E-state index >= 15 is 0 Å². The molecule has 1 aromatic heterocycles. The Balaban J connectivity index is 2.16. The van der Waals surface area contributed by atoms with Gasteiger partial charge in [-0.3, -0.25) is 15.2 Å². The van der Waals surface area contributed by atoms with Gasteiger partial charge in [-0.2, -0.15) is 5.10 Å². The normalized spacial score (nSPS) is 16.3. The molecule has 0 spiro atoms. The van der Waals surface area contributed by atoms with E-state index in [9.17, 15) is 13.2 Å². The molecule has 136 valence electrons. The van der Waals surface area contributed by atoms with E-state index in [2.05, 4.69) is 20.8 Å². The number of carbonyl (C=O) groups is 1. The molecule has 3 rings (SSSR count). The third-order valence-corrected chi connectivity index (χ3v) is 5.21. The van der Waals surface area contributed by atoms with Crippen LogP contribution < -0.4 is 16.5 Å². The SMILES string of the molecule is Cc1cc(S(C)(=O)=O)cc2c1NN=C(C(N)=O)C2Nc1cncc(Cl)c1. The summed E-state index contributed by atoms with van der Waals surface area (Å²) in [7, 11) is -3.44. The number of aromatic nitrogens is 1. The van der Waals surface area contributed by atoms with Crippen LogP contribution in [0.4, 0.5) is 11.4 Å². The average Bonchev–Trinajstić information content (AvgIpc) is 2.54. The Hall–Kier alpha value is -2.65. The van der Waals surface area contributed by atoms with Crippen LogP contribution in [0, 0.1) is 6.92 Å². The van der Waals surface area contributed by atoms with Crippen LogP contribution >= 0.6 is 11.6 Å². The number of nitrogens with one attached hydrogen (secondary N) is 2. The predicted octanol–water partition coefficient (Wildman–Crippen LogP) is 1.87. The summed E-state index contributed by atoms with van der Waals surface area (Å²) in [5, 5.41) is 7.56. The lowest BCUT2D eigenvalue weighted by Gasteiger charge is -2.28. The van der Waals surface area contributed by atoms with Crippen LogP contribution in [0.15, 0.2) is 40.6 Å². The molecule has 4 N–H and O–H groups in total. The van der Waals surface area contributed by atoms with Crippen LogP contribution in [0.1, 0.15) is 17.2 Å². The van der Waals surface area contributed by atoms with E-state index in [4.69, 9.17) is 17.3 Å². The van der Waals surface area contributed by atoms with Gasteiger partial charge in [-0.05, 0) is 30.7 Å². The number of hydrogen-bond acceptors (Lipinski definition) is 7. The summed E-state index contributed by atoms with van der Waals surface area (Å²) in [5.41, 5.74) is 10.6. The molecule has 0 saturated carbocycles. The minimum atomic E-state index is -3.44. The van der Waals surface area contributed by atoms with Gasteiger partial charge in [0, 0.05) is 18.0 Å². The molecule has 1 aromatic carbocycles. The highest BCUT2D eigenvalue weighted by atomic mass is 35.5. The van der Waals surface area contributed by atoms with Crippen molar-refractivity contribution in [2.45, 2.75) is 17.9 Å². The van der Waals surface area contributed by atoms with Gasteiger partial charge in [0.05, 0.1) is 27.5 Å². The smallest absolute Gasteiger partial charge is 0.267 e. The number of sulfone groups is 1. The second-order valence-electron chi connectivity index (χ2n) is 5.92. The third-order valence-electron chi connectivity index (χ3n) is 3.91. The first-order chi connectivity index (χ1) is 12.2. The number of aryl methyl sites for hydroxylation is 1. The average molecular weight is 394 g/mol. The maximum Gasteiger partial charge on any atom is 0.267 e. The zero-order chi connectivity index (χ0) is 19.1. The molecule has 1 atom stereocenters.